The monoisotopic (exact) mass is 237 g/mol. The molecule has 0 saturated heterocycles. The lowest BCUT2D eigenvalue weighted by atomic mass is 9.92. The Labute approximate surface area is 99.8 Å². The Morgan fingerprint density at radius 2 is 1.88 bits per heavy atom. The number of rotatable bonds is 3. The van der Waals surface area contributed by atoms with E-state index >= 15 is 0 Å². The van der Waals surface area contributed by atoms with Crippen LogP contribution in [0, 0.1) is 17.6 Å². The van der Waals surface area contributed by atoms with Crippen LogP contribution < -0.4 is 0 Å². The minimum Gasteiger partial charge on any atom is -0.359 e. The third kappa shape index (κ3) is 2.33. The fourth-order valence-corrected chi connectivity index (χ4v) is 2.42. The lowest BCUT2D eigenvalue weighted by Crippen LogP contribution is -1.98. The van der Waals surface area contributed by atoms with Gasteiger partial charge in [0, 0.05) is 17.6 Å². The quantitative estimate of drug-likeness (QED) is 0.803. The van der Waals surface area contributed by atoms with Crippen LogP contribution in [-0.2, 0) is 0 Å². The molecule has 1 atom stereocenters. The van der Waals surface area contributed by atoms with Gasteiger partial charge in [0.15, 0.2) is 0 Å². The van der Waals surface area contributed by atoms with Crippen LogP contribution in [0.3, 0.4) is 0 Å². The first kappa shape index (κ1) is 12.1. The smallest absolute Gasteiger partial charge is 0.150 e. The number of H-pyrrole nitrogens is 1. The Morgan fingerprint density at radius 3 is 2.53 bits per heavy atom. The zero-order valence-electron chi connectivity index (χ0n) is 10.3. The topological polar surface area (TPSA) is 15.8 Å². The number of fused-ring (bicyclic) bond motifs is 1. The summed E-state index contributed by atoms with van der Waals surface area (Å²) in [6.07, 6.45) is 2.80. The van der Waals surface area contributed by atoms with Crippen LogP contribution in [0.2, 0.25) is 0 Å². The Hall–Kier alpha value is -1.38. The third-order valence-corrected chi connectivity index (χ3v) is 3.09. The van der Waals surface area contributed by atoms with Crippen molar-refractivity contribution in [3.63, 3.8) is 0 Å². The molecule has 17 heavy (non-hydrogen) atoms. The molecule has 92 valence electrons. The summed E-state index contributed by atoms with van der Waals surface area (Å²) < 4.78 is 26.7. The fraction of sp³-hybridized carbons (Fsp3) is 0.429. The predicted molar refractivity (Wildman–Crippen MR) is 66.1 cm³/mol. The predicted octanol–water partition coefficient (Wildman–Crippen LogP) is 4.60. The normalized spacial score (nSPS) is 13.5. The Bertz CT molecular complexity index is 528. The summed E-state index contributed by atoms with van der Waals surface area (Å²) in [6, 6.07) is 2.32. The molecule has 0 amide bonds. The Balaban J connectivity index is 2.48. The molecule has 1 heterocycles. The lowest BCUT2D eigenvalue weighted by molar-refractivity contribution is 0.525. The second-order valence-corrected chi connectivity index (χ2v) is 5.08. The van der Waals surface area contributed by atoms with E-state index in [1.54, 1.807) is 6.20 Å². The molecule has 0 aliphatic carbocycles. The van der Waals surface area contributed by atoms with Crippen LogP contribution >= 0.6 is 0 Å². The number of hydrogen-bond acceptors (Lipinski definition) is 0. The molecule has 0 saturated carbocycles. The van der Waals surface area contributed by atoms with Crippen molar-refractivity contribution in [1.82, 2.24) is 4.98 Å². The van der Waals surface area contributed by atoms with Crippen molar-refractivity contribution in [3.05, 3.63) is 35.5 Å². The van der Waals surface area contributed by atoms with Crippen molar-refractivity contribution >= 4 is 10.9 Å². The molecule has 1 N–H and O–H groups in total. The SMILES string of the molecule is CC(C)CC(C)c1c[nH]c2c(F)cc(F)cc12. The van der Waals surface area contributed by atoms with Gasteiger partial charge in [-0.15, -0.1) is 0 Å². The second-order valence-electron chi connectivity index (χ2n) is 5.08. The van der Waals surface area contributed by atoms with E-state index in [1.807, 2.05) is 0 Å². The third-order valence-electron chi connectivity index (χ3n) is 3.09. The van der Waals surface area contributed by atoms with Crippen LogP contribution in [-0.4, -0.2) is 4.98 Å². The number of hydrogen-bond donors (Lipinski definition) is 1. The maximum absolute atomic E-state index is 13.5. The van der Waals surface area contributed by atoms with Gasteiger partial charge < -0.3 is 4.98 Å². The van der Waals surface area contributed by atoms with Crippen molar-refractivity contribution < 1.29 is 8.78 Å². The standard InChI is InChI=1S/C14H17F2N/c1-8(2)4-9(3)12-7-17-14-11(12)5-10(15)6-13(14)16/h5-9,17H,4H2,1-3H3. The van der Waals surface area contributed by atoms with E-state index in [0.717, 1.165) is 18.1 Å². The van der Waals surface area contributed by atoms with Crippen molar-refractivity contribution in [2.24, 2.45) is 5.92 Å². The average Bonchev–Trinajstić information content (AvgIpc) is 2.59. The molecule has 1 aromatic carbocycles. The zero-order valence-corrected chi connectivity index (χ0v) is 10.3. The van der Waals surface area contributed by atoms with Crippen LogP contribution in [0.15, 0.2) is 18.3 Å². The van der Waals surface area contributed by atoms with Gasteiger partial charge in [-0.25, -0.2) is 8.78 Å². The molecule has 0 spiro atoms. The molecule has 2 aromatic rings. The first-order valence-electron chi connectivity index (χ1n) is 5.95. The van der Waals surface area contributed by atoms with Gasteiger partial charge >= 0.3 is 0 Å². The minimum absolute atomic E-state index is 0.296. The molecule has 3 heteroatoms. The van der Waals surface area contributed by atoms with Crippen LogP contribution in [0.5, 0.6) is 0 Å². The number of halogens is 2. The van der Waals surface area contributed by atoms with E-state index in [9.17, 15) is 8.78 Å². The summed E-state index contributed by atoms with van der Waals surface area (Å²) in [7, 11) is 0. The van der Waals surface area contributed by atoms with Crippen LogP contribution in [0.1, 0.15) is 38.7 Å². The molecule has 0 aliphatic heterocycles. The van der Waals surface area contributed by atoms with Crippen molar-refractivity contribution in [2.45, 2.75) is 33.1 Å². The van der Waals surface area contributed by atoms with Gasteiger partial charge in [-0.1, -0.05) is 20.8 Å². The molecule has 2 rings (SSSR count). The summed E-state index contributed by atoms with van der Waals surface area (Å²) >= 11 is 0. The fourth-order valence-electron chi connectivity index (χ4n) is 2.42. The Morgan fingerprint density at radius 1 is 1.18 bits per heavy atom. The molecule has 1 nitrogen and oxygen atoms in total. The van der Waals surface area contributed by atoms with E-state index in [2.05, 4.69) is 25.8 Å². The minimum atomic E-state index is -0.525. The van der Waals surface area contributed by atoms with Gasteiger partial charge in [0.25, 0.3) is 0 Å². The Kier molecular flexibility index (Phi) is 3.18. The number of benzene rings is 1. The highest BCUT2D eigenvalue weighted by molar-refractivity contribution is 5.84. The molecule has 1 unspecified atom stereocenters. The summed E-state index contributed by atoms with van der Waals surface area (Å²) in [5.41, 5.74) is 1.39. The highest BCUT2D eigenvalue weighted by atomic mass is 19.1. The summed E-state index contributed by atoms with van der Waals surface area (Å²) in [5, 5.41) is 0.663. The zero-order chi connectivity index (χ0) is 12.6. The molecular formula is C14H17F2N. The number of aromatic nitrogens is 1. The van der Waals surface area contributed by atoms with Crippen LogP contribution in [0.4, 0.5) is 8.78 Å². The molecule has 1 aromatic heterocycles. The lowest BCUT2D eigenvalue weighted by Gasteiger charge is -2.13. The van der Waals surface area contributed by atoms with Crippen molar-refractivity contribution in [2.75, 3.05) is 0 Å². The van der Waals surface area contributed by atoms with E-state index in [-0.39, 0.29) is 0 Å². The maximum atomic E-state index is 13.5. The summed E-state index contributed by atoms with van der Waals surface area (Å²) in [6.45, 7) is 6.38. The van der Waals surface area contributed by atoms with Gasteiger partial charge in [-0.2, -0.15) is 0 Å². The second kappa shape index (κ2) is 4.47. The summed E-state index contributed by atoms with van der Waals surface area (Å²) in [5.74, 6) is -0.186. The van der Waals surface area contributed by atoms with Crippen LogP contribution in [0.25, 0.3) is 10.9 Å². The van der Waals surface area contributed by atoms with Gasteiger partial charge in [-0.3, -0.25) is 0 Å². The number of nitrogens with one attached hydrogen (secondary N) is 1. The van der Waals surface area contributed by atoms with Gasteiger partial charge in [0.05, 0.1) is 5.52 Å². The highest BCUT2D eigenvalue weighted by Crippen LogP contribution is 2.31. The van der Waals surface area contributed by atoms with E-state index < -0.39 is 11.6 Å². The van der Waals surface area contributed by atoms with Gasteiger partial charge in [0.2, 0.25) is 0 Å². The number of aromatic amines is 1. The average molecular weight is 237 g/mol. The van der Waals surface area contributed by atoms with E-state index in [0.29, 0.717) is 22.7 Å². The van der Waals surface area contributed by atoms with Crippen molar-refractivity contribution in [3.8, 4) is 0 Å². The highest BCUT2D eigenvalue weighted by Gasteiger charge is 2.15. The van der Waals surface area contributed by atoms with Gasteiger partial charge in [-0.05, 0) is 29.9 Å². The molecule has 0 radical (unpaired) electrons. The molecular weight excluding hydrogens is 220 g/mol. The molecule has 0 fully saturated rings. The maximum Gasteiger partial charge on any atom is 0.150 e. The van der Waals surface area contributed by atoms with E-state index in [1.165, 1.54) is 6.07 Å². The molecule has 0 bridgehead atoms. The van der Waals surface area contributed by atoms with Gasteiger partial charge in [0.1, 0.15) is 11.6 Å². The van der Waals surface area contributed by atoms with E-state index in [4.69, 9.17) is 0 Å². The summed E-state index contributed by atoms with van der Waals surface area (Å²) in [4.78, 5) is 2.90. The molecule has 0 aliphatic rings. The first-order valence-corrected chi connectivity index (χ1v) is 5.95. The largest absolute Gasteiger partial charge is 0.359 e. The van der Waals surface area contributed by atoms with Crippen molar-refractivity contribution in [1.29, 1.82) is 0 Å². The first-order chi connectivity index (χ1) is 7.99.